The first-order valence-corrected chi connectivity index (χ1v) is 5.11. The second kappa shape index (κ2) is 5.98. The first-order chi connectivity index (χ1) is 6.77. The van der Waals surface area contributed by atoms with Crippen molar-refractivity contribution in [1.29, 1.82) is 0 Å². The van der Waals surface area contributed by atoms with Crippen molar-refractivity contribution >= 4 is 5.97 Å². The average Bonchev–Trinajstić information content (AvgIpc) is 2.26. The van der Waals surface area contributed by atoms with Crippen LogP contribution in [0.3, 0.4) is 0 Å². The van der Waals surface area contributed by atoms with Crippen LogP contribution in [0.2, 0.25) is 0 Å². The molecule has 0 aliphatic heterocycles. The highest BCUT2D eigenvalue weighted by atomic mass is 16.5. The minimum atomic E-state index is -0.217. The van der Waals surface area contributed by atoms with Crippen molar-refractivity contribution in [3.05, 3.63) is 0 Å². The third-order valence-corrected chi connectivity index (χ3v) is 2.74. The minimum absolute atomic E-state index is 0.217. The lowest BCUT2D eigenvalue weighted by Gasteiger charge is -2.30. The molecule has 0 bridgehead atoms. The van der Waals surface area contributed by atoms with E-state index in [1.54, 1.807) is 7.11 Å². The smallest absolute Gasteiger partial charge is 0.319 e. The van der Waals surface area contributed by atoms with E-state index in [-0.39, 0.29) is 18.6 Å². The summed E-state index contributed by atoms with van der Waals surface area (Å²) < 4.78 is 9.92. The van der Waals surface area contributed by atoms with E-state index >= 15 is 0 Å². The zero-order chi connectivity index (χ0) is 10.4. The van der Waals surface area contributed by atoms with Crippen LogP contribution < -0.4 is 5.32 Å². The Hall–Kier alpha value is -0.610. The zero-order valence-electron chi connectivity index (χ0n) is 8.91. The number of esters is 1. The Morgan fingerprint density at radius 2 is 2.07 bits per heavy atom. The molecule has 0 saturated heterocycles. The van der Waals surface area contributed by atoms with Crippen LogP contribution in [0.15, 0.2) is 0 Å². The largest absolute Gasteiger partial charge is 0.468 e. The van der Waals surface area contributed by atoms with Crippen molar-refractivity contribution in [1.82, 2.24) is 5.32 Å². The van der Waals surface area contributed by atoms with Crippen LogP contribution in [0.25, 0.3) is 0 Å². The van der Waals surface area contributed by atoms with E-state index in [4.69, 9.17) is 4.74 Å². The van der Waals surface area contributed by atoms with Gasteiger partial charge in [-0.3, -0.25) is 4.79 Å². The van der Waals surface area contributed by atoms with Gasteiger partial charge in [-0.15, -0.1) is 0 Å². The molecule has 82 valence electrons. The van der Waals surface area contributed by atoms with Crippen molar-refractivity contribution < 1.29 is 14.3 Å². The maximum Gasteiger partial charge on any atom is 0.319 e. The molecule has 0 aromatic heterocycles. The van der Waals surface area contributed by atoms with Gasteiger partial charge in [-0.2, -0.15) is 0 Å². The molecule has 1 rings (SSSR count). The van der Waals surface area contributed by atoms with Gasteiger partial charge in [-0.05, 0) is 12.8 Å². The molecule has 2 atom stereocenters. The molecular formula is C10H19NO3. The molecule has 0 heterocycles. The summed E-state index contributed by atoms with van der Waals surface area (Å²) in [4.78, 5) is 10.9. The molecule has 2 unspecified atom stereocenters. The van der Waals surface area contributed by atoms with E-state index < -0.39 is 0 Å². The van der Waals surface area contributed by atoms with Crippen LogP contribution in [0.5, 0.6) is 0 Å². The summed E-state index contributed by atoms with van der Waals surface area (Å²) in [5.41, 5.74) is 0. The Kier molecular flexibility index (Phi) is 4.90. The second-order valence-electron chi connectivity index (χ2n) is 3.62. The summed E-state index contributed by atoms with van der Waals surface area (Å²) in [5.74, 6) is -0.217. The van der Waals surface area contributed by atoms with Gasteiger partial charge in [0, 0.05) is 13.2 Å². The van der Waals surface area contributed by atoms with Crippen molar-refractivity contribution in [3.8, 4) is 0 Å². The summed E-state index contributed by atoms with van der Waals surface area (Å²) in [5, 5.41) is 3.17. The molecule has 1 aliphatic rings. The molecule has 0 radical (unpaired) electrons. The molecular weight excluding hydrogens is 182 g/mol. The van der Waals surface area contributed by atoms with Crippen LogP contribution in [0.4, 0.5) is 0 Å². The highest BCUT2D eigenvalue weighted by molar-refractivity contribution is 5.71. The predicted octanol–water partition coefficient (Wildman–Crippen LogP) is 0.707. The summed E-state index contributed by atoms with van der Waals surface area (Å²) >= 11 is 0. The number of nitrogens with one attached hydrogen (secondary N) is 1. The van der Waals surface area contributed by atoms with Gasteiger partial charge in [-0.1, -0.05) is 12.8 Å². The predicted molar refractivity (Wildman–Crippen MR) is 53.1 cm³/mol. The summed E-state index contributed by atoms with van der Waals surface area (Å²) in [6.45, 7) is 0.279. The lowest BCUT2D eigenvalue weighted by atomic mass is 9.92. The van der Waals surface area contributed by atoms with Crippen LogP contribution in [0.1, 0.15) is 25.7 Å². The topological polar surface area (TPSA) is 47.6 Å². The van der Waals surface area contributed by atoms with E-state index in [2.05, 4.69) is 10.1 Å². The van der Waals surface area contributed by atoms with E-state index in [1.807, 2.05) is 0 Å². The fraction of sp³-hybridized carbons (Fsp3) is 0.900. The van der Waals surface area contributed by atoms with E-state index in [0.717, 1.165) is 12.8 Å². The minimum Gasteiger partial charge on any atom is -0.468 e. The van der Waals surface area contributed by atoms with E-state index in [9.17, 15) is 4.79 Å². The number of carbonyl (C=O) groups excluding carboxylic acids is 1. The Bertz CT molecular complexity index is 184. The monoisotopic (exact) mass is 201 g/mol. The van der Waals surface area contributed by atoms with E-state index in [1.165, 1.54) is 20.0 Å². The quantitative estimate of drug-likeness (QED) is 0.680. The van der Waals surface area contributed by atoms with Crippen LogP contribution in [-0.4, -0.2) is 38.9 Å². The maximum absolute atomic E-state index is 10.9. The van der Waals surface area contributed by atoms with Gasteiger partial charge in [0.1, 0.15) is 0 Å². The van der Waals surface area contributed by atoms with Crippen molar-refractivity contribution in [2.45, 2.75) is 37.8 Å². The molecule has 0 spiro atoms. The van der Waals surface area contributed by atoms with Crippen LogP contribution in [0, 0.1) is 0 Å². The summed E-state index contributed by atoms with van der Waals surface area (Å²) in [6, 6.07) is 0.299. The number of carbonyl (C=O) groups is 1. The van der Waals surface area contributed by atoms with Crippen LogP contribution >= 0.6 is 0 Å². The molecule has 1 saturated carbocycles. The standard InChI is InChI=1S/C10H19NO3/c1-13-9-6-4-3-5-8(9)11-7-10(12)14-2/h8-9,11H,3-7H2,1-2H3. The lowest BCUT2D eigenvalue weighted by Crippen LogP contribution is -2.45. The van der Waals surface area contributed by atoms with Gasteiger partial charge in [-0.25, -0.2) is 0 Å². The number of rotatable bonds is 4. The molecule has 1 N–H and O–H groups in total. The zero-order valence-corrected chi connectivity index (χ0v) is 8.91. The molecule has 4 heteroatoms. The summed E-state index contributed by atoms with van der Waals surface area (Å²) in [6.07, 6.45) is 4.83. The Morgan fingerprint density at radius 1 is 1.36 bits per heavy atom. The molecule has 0 aromatic carbocycles. The molecule has 1 aliphatic carbocycles. The SMILES string of the molecule is COC(=O)CNC1CCCCC1OC. The Morgan fingerprint density at radius 3 is 2.71 bits per heavy atom. The fourth-order valence-corrected chi connectivity index (χ4v) is 1.90. The third-order valence-electron chi connectivity index (χ3n) is 2.74. The normalized spacial score (nSPS) is 27.3. The van der Waals surface area contributed by atoms with Gasteiger partial charge in [0.25, 0.3) is 0 Å². The second-order valence-corrected chi connectivity index (χ2v) is 3.62. The Labute approximate surface area is 85.0 Å². The van der Waals surface area contributed by atoms with Gasteiger partial charge in [0.2, 0.25) is 0 Å². The number of ether oxygens (including phenoxy) is 2. The molecule has 0 aromatic rings. The lowest BCUT2D eigenvalue weighted by molar-refractivity contribution is -0.139. The van der Waals surface area contributed by atoms with E-state index in [0.29, 0.717) is 6.04 Å². The highest BCUT2D eigenvalue weighted by Gasteiger charge is 2.24. The number of methoxy groups -OCH3 is 2. The molecule has 4 nitrogen and oxygen atoms in total. The van der Waals surface area contributed by atoms with Gasteiger partial charge < -0.3 is 14.8 Å². The van der Waals surface area contributed by atoms with Crippen LogP contribution in [-0.2, 0) is 14.3 Å². The van der Waals surface area contributed by atoms with Gasteiger partial charge in [0.05, 0.1) is 19.8 Å². The van der Waals surface area contributed by atoms with Gasteiger partial charge in [0.15, 0.2) is 0 Å². The highest BCUT2D eigenvalue weighted by Crippen LogP contribution is 2.20. The third kappa shape index (κ3) is 3.27. The van der Waals surface area contributed by atoms with Gasteiger partial charge >= 0.3 is 5.97 Å². The molecule has 1 fully saturated rings. The first kappa shape index (κ1) is 11.5. The maximum atomic E-state index is 10.9. The first-order valence-electron chi connectivity index (χ1n) is 5.11. The molecule has 0 amide bonds. The Balaban J connectivity index is 2.29. The number of hydrogen-bond acceptors (Lipinski definition) is 4. The fourth-order valence-electron chi connectivity index (χ4n) is 1.90. The van der Waals surface area contributed by atoms with Crippen molar-refractivity contribution in [3.63, 3.8) is 0 Å². The number of hydrogen-bond donors (Lipinski definition) is 1. The van der Waals surface area contributed by atoms with Crippen molar-refractivity contribution in [2.24, 2.45) is 0 Å². The average molecular weight is 201 g/mol. The molecule has 14 heavy (non-hydrogen) atoms. The summed E-state index contributed by atoms with van der Waals surface area (Å²) in [7, 11) is 3.13. The van der Waals surface area contributed by atoms with Crippen molar-refractivity contribution in [2.75, 3.05) is 20.8 Å².